The largest absolute Gasteiger partial charge is 0.363 e. The second-order valence-corrected chi connectivity index (χ2v) is 8.72. The standard InChI is InChI=1S/C23H24F6N4O3/c1-10(12-4-3-5-13(15(12)24)18(26)27)30-19-14(21-35-8-9-36-21)17(31-11(2)32-19)16(25)20(34)33-23(6-7-23)22(28)29/h3-5,10,16,18,21-22H,6-9H2,1-2H3,(H,33,34)(H,30,31,32). The number of rotatable bonds is 9. The van der Waals surface area contributed by atoms with Gasteiger partial charge in [0, 0.05) is 5.56 Å². The highest BCUT2D eigenvalue weighted by molar-refractivity contribution is 5.83. The van der Waals surface area contributed by atoms with Crippen molar-refractivity contribution in [3.05, 3.63) is 52.2 Å². The topological polar surface area (TPSA) is 85.4 Å². The number of aryl methyl sites for hydroxylation is 1. The first kappa shape index (κ1) is 26.1. The summed E-state index contributed by atoms with van der Waals surface area (Å²) in [6.45, 7) is 3.15. The summed E-state index contributed by atoms with van der Waals surface area (Å²) in [5.41, 5.74) is -3.23. The third-order valence-electron chi connectivity index (χ3n) is 6.11. The number of nitrogens with one attached hydrogen (secondary N) is 2. The van der Waals surface area contributed by atoms with Crippen LogP contribution in [0.25, 0.3) is 0 Å². The molecule has 2 fully saturated rings. The van der Waals surface area contributed by atoms with Crippen LogP contribution in [0.5, 0.6) is 0 Å². The molecule has 1 aliphatic heterocycles. The normalized spacial score (nSPS) is 18.9. The fraction of sp³-hybridized carbons (Fsp3) is 0.522. The molecule has 1 saturated heterocycles. The average Bonchev–Trinajstić information content (AvgIpc) is 3.41. The van der Waals surface area contributed by atoms with E-state index in [-0.39, 0.29) is 48.8 Å². The number of carbonyl (C=O) groups is 1. The second-order valence-electron chi connectivity index (χ2n) is 8.72. The SMILES string of the molecule is Cc1nc(NC(C)c2cccc(C(F)F)c2F)c(C2OCCO2)c(C(F)C(=O)NC2(C(F)F)CC2)n1. The maximum atomic E-state index is 15.5. The molecular formula is C23H24F6N4O3. The van der Waals surface area contributed by atoms with Crippen molar-refractivity contribution in [2.75, 3.05) is 18.5 Å². The number of anilines is 1. The van der Waals surface area contributed by atoms with Gasteiger partial charge >= 0.3 is 0 Å². The summed E-state index contributed by atoms with van der Waals surface area (Å²) in [6.07, 6.45) is -9.54. The lowest BCUT2D eigenvalue weighted by Crippen LogP contribution is -2.44. The van der Waals surface area contributed by atoms with Crippen LogP contribution in [0.1, 0.15) is 72.9 Å². The van der Waals surface area contributed by atoms with Crippen LogP contribution in [-0.4, -0.2) is 41.1 Å². The molecule has 196 valence electrons. The molecule has 1 saturated carbocycles. The number of alkyl halides is 5. The molecule has 2 unspecified atom stereocenters. The molecular weight excluding hydrogens is 494 g/mol. The van der Waals surface area contributed by atoms with E-state index in [1.165, 1.54) is 26.0 Å². The Labute approximate surface area is 202 Å². The Balaban J connectivity index is 1.70. The molecule has 0 spiro atoms. The van der Waals surface area contributed by atoms with E-state index in [1.54, 1.807) is 0 Å². The molecule has 0 bridgehead atoms. The minimum atomic E-state index is -3.03. The first-order valence-electron chi connectivity index (χ1n) is 11.2. The number of carbonyl (C=O) groups excluding carboxylic acids is 1. The minimum absolute atomic E-state index is 0.00805. The van der Waals surface area contributed by atoms with Crippen molar-refractivity contribution < 1.29 is 40.6 Å². The summed E-state index contributed by atoms with van der Waals surface area (Å²) in [7, 11) is 0. The number of hydrogen-bond acceptors (Lipinski definition) is 6. The van der Waals surface area contributed by atoms with E-state index in [9.17, 15) is 26.7 Å². The molecule has 0 radical (unpaired) electrons. The van der Waals surface area contributed by atoms with E-state index in [2.05, 4.69) is 20.6 Å². The van der Waals surface area contributed by atoms with Crippen molar-refractivity contribution in [3.63, 3.8) is 0 Å². The van der Waals surface area contributed by atoms with Crippen LogP contribution in [0.3, 0.4) is 0 Å². The van der Waals surface area contributed by atoms with Gasteiger partial charge in [-0.15, -0.1) is 0 Å². The quantitative estimate of drug-likeness (QED) is 0.455. The fourth-order valence-corrected chi connectivity index (χ4v) is 3.98. The van der Waals surface area contributed by atoms with E-state index in [1.807, 2.05) is 0 Å². The number of ether oxygens (including phenoxy) is 2. The Kier molecular flexibility index (Phi) is 7.41. The highest BCUT2D eigenvalue weighted by Gasteiger charge is 2.53. The number of halogens is 6. The highest BCUT2D eigenvalue weighted by atomic mass is 19.3. The van der Waals surface area contributed by atoms with E-state index in [4.69, 9.17) is 9.47 Å². The van der Waals surface area contributed by atoms with Gasteiger partial charge in [-0.25, -0.2) is 36.3 Å². The molecule has 2 aromatic rings. The van der Waals surface area contributed by atoms with Crippen LogP contribution < -0.4 is 10.6 Å². The predicted octanol–water partition coefficient (Wildman–Crippen LogP) is 5.00. The zero-order chi connectivity index (χ0) is 26.2. The monoisotopic (exact) mass is 518 g/mol. The van der Waals surface area contributed by atoms with Gasteiger partial charge in [-0.3, -0.25) is 4.79 Å². The zero-order valence-corrected chi connectivity index (χ0v) is 19.3. The number of amides is 1. The van der Waals surface area contributed by atoms with Gasteiger partial charge in [-0.2, -0.15) is 0 Å². The number of benzene rings is 1. The van der Waals surface area contributed by atoms with Gasteiger partial charge in [0.05, 0.1) is 36.1 Å². The van der Waals surface area contributed by atoms with E-state index in [0.29, 0.717) is 0 Å². The summed E-state index contributed by atoms with van der Waals surface area (Å²) in [6, 6.07) is 2.61. The predicted molar refractivity (Wildman–Crippen MR) is 115 cm³/mol. The van der Waals surface area contributed by atoms with Gasteiger partial charge in [-0.1, -0.05) is 18.2 Å². The maximum absolute atomic E-state index is 15.5. The number of aromatic nitrogens is 2. The van der Waals surface area contributed by atoms with Crippen LogP contribution in [0.4, 0.5) is 32.2 Å². The summed E-state index contributed by atoms with van der Waals surface area (Å²) in [5.74, 6) is -2.49. The number of hydrogen-bond donors (Lipinski definition) is 2. The average molecular weight is 518 g/mol. The molecule has 1 aromatic carbocycles. The van der Waals surface area contributed by atoms with Gasteiger partial charge in [0.2, 0.25) is 6.17 Å². The third kappa shape index (κ3) is 5.12. The Morgan fingerprint density at radius 2 is 1.72 bits per heavy atom. The smallest absolute Gasteiger partial charge is 0.266 e. The van der Waals surface area contributed by atoms with E-state index in [0.717, 1.165) is 6.07 Å². The van der Waals surface area contributed by atoms with Gasteiger partial charge in [-0.05, 0) is 26.7 Å². The lowest BCUT2D eigenvalue weighted by atomic mass is 10.0. The molecule has 7 nitrogen and oxygen atoms in total. The molecule has 2 atom stereocenters. The molecule has 13 heteroatoms. The third-order valence-corrected chi connectivity index (χ3v) is 6.11. The van der Waals surface area contributed by atoms with Gasteiger partial charge in [0.25, 0.3) is 18.8 Å². The molecule has 2 aliphatic rings. The first-order valence-corrected chi connectivity index (χ1v) is 11.2. The second kappa shape index (κ2) is 10.2. The van der Waals surface area contributed by atoms with Crippen LogP contribution in [0.15, 0.2) is 18.2 Å². The zero-order valence-electron chi connectivity index (χ0n) is 19.3. The molecule has 36 heavy (non-hydrogen) atoms. The molecule has 1 aromatic heterocycles. The molecule has 2 heterocycles. The van der Waals surface area contributed by atoms with Gasteiger partial charge < -0.3 is 20.1 Å². The van der Waals surface area contributed by atoms with Crippen molar-refractivity contribution in [2.24, 2.45) is 0 Å². The van der Waals surface area contributed by atoms with Crippen molar-refractivity contribution in [1.82, 2.24) is 15.3 Å². The first-order chi connectivity index (χ1) is 17.0. The Morgan fingerprint density at radius 1 is 1.08 bits per heavy atom. The van der Waals surface area contributed by atoms with Crippen LogP contribution in [0, 0.1) is 12.7 Å². The van der Waals surface area contributed by atoms with Gasteiger partial charge in [0.1, 0.15) is 23.0 Å². The maximum Gasteiger partial charge on any atom is 0.266 e. The van der Waals surface area contributed by atoms with Crippen LogP contribution in [-0.2, 0) is 14.3 Å². The summed E-state index contributed by atoms with van der Waals surface area (Å²) < 4.78 is 94.0. The van der Waals surface area contributed by atoms with Crippen LogP contribution >= 0.6 is 0 Å². The Morgan fingerprint density at radius 3 is 2.31 bits per heavy atom. The summed E-state index contributed by atoms with van der Waals surface area (Å²) in [5, 5.41) is 4.92. The van der Waals surface area contributed by atoms with Crippen molar-refractivity contribution in [1.29, 1.82) is 0 Å². The summed E-state index contributed by atoms with van der Waals surface area (Å²) in [4.78, 5) is 20.8. The van der Waals surface area contributed by atoms with E-state index >= 15 is 4.39 Å². The van der Waals surface area contributed by atoms with E-state index < -0.39 is 59.9 Å². The van der Waals surface area contributed by atoms with Crippen molar-refractivity contribution in [3.8, 4) is 0 Å². The highest BCUT2D eigenvalue weighted by Crippen LogP contribution is 2.42. The molecule has 1 aliphatic carbocycles. The number of nitrogens with zero attached hydrogens (tertiary/aromatic N) is 2. The minimum Gasteiger partial charge on any atom is -0.363 e. The lowest BCUT2D eigenvalue weighted by molar-refractivity contribution is -0.128. The Bertz CT molecular complexity index is 1130. The lowest BCUT2D eigenvalue weighted by Gasteiger charge is -2.24. The fourth-order valence-electron chi connectivity index (χ4n) is 3.98. The van der Waals surface area contributed by atoms with Crippen molar-refractivity contribution >= 4 is 11.7 Å². The Hall–Kier alpha value is -2.93. The van der Waals surface area contributed by atoms with Crippen molar-refractivity contribution in [2.45, 2.75) is 63.6 Å². The molecule has 4 rings (SSSR count). The van der Waals surface area contributed by atoms with Crippen LogP contribution in [0.2, 0.25) is 0 Å². The molecule has 1 amide bonds. The summed E-state index contributed by atoms with van der Waals surface area (Å²) >= 11 is 0. The van der Waals surface area contributed by atoms with Gasteiger partial charge in [0.15, 0.2) is 6.29 Å². The molecule has 2 N–H and O–H groups in total.